The lowest BCUT2D eigenvalue weighted by Gasteiger charge is -2.72. The van der Waals surface area contributed by atoms with Crippen LogP contribution in [0.4, 0.5) is 6.01 Å². The van der Waals surface area contributed by atoms with Crippen LogP contribution in [-0.2, 0) is 10.2 Å². The molecule has 4 saturated carbocycles. The van der Waals surface area contributed by atoms with Crippen molar-refractivity contribution in [2.45, 2.75) is 118 Å². The molecule has 0 amide bonds. The largest absolute Gasteiger partial charge is 0.407 e. The van der Waals surface area contributed by atoms with Crippen molar-refractivity contribution in [2.75, 3.05) is 12.4 Å². The Morgan fingerprint density at radius 3 is 2.32 bits per heavy atom. The van der Waals surface area contributed by atoms with E-state index in [1.54, 1.807) is 7.05 Å². The predicted molar refractivity (Wildman–Crippen MR) is 149 cm³/mol. The predicted octanol–water partition coefficient (Wildman–Crippen LogP) is 6.70. The molecule has 210 valence electrons. The molecule has 8 atom stereocenters. The minimum absolute atomic E-state index is 0.0397. The number of aliphatic hydroxyl groups excluding tert-OH is 1. The Labute approximate surface area is 228 Å². The summed E-state index contributed by atoms with van der Waals surface area (Å²) in [5.74, 6) is 2.65. The third-order valence-electron chi connectivity index (χ3n) is 13.5. The molecular formula is C32H49N3O3. The fraction of sp³-hybridized carbons (Fsp3) is 0.844. The van der Waals surface area contributed by atoms with Crippen LogP contribution in [0.15, 0.2) is 15.6 Å². The fourth-order valence-corrected chi connectivity index (χ4v) is 11.4. The molecule has 4 fully saturated rings. The topological polar surface area (TPSA) is 88.3 Å². The zero-order chi connectivity index (χ0) is 27.5. The molecule has 0 unspecified atom stereocenters. The number of aromatic nitrogens is 2. The maximum absolute atomic E-state index is 13.7. The highest BCUT2D eigenvalue weighted by Gasteiger charge is 2.70. The van der Waals surface area contributed by atoms with Crippen LogP contribution in [0.25, 0.3) is 0 Å². The number of anilines is 1. The van der Waals surface area contributed by atoms with Gasteiger partial charge in [0, 0.05) is 13.5 Å². The lowest BCUT2D eigenvalue weighted by atomic mass is 9.33. The smallest absolute Gasteiger partial charge is 0.315 e. The van der Waals surface area contributed by atoms with E-state index in [-0.39, 0.29) is 39.5 Å². The highest BCUT2D eigenvalue weighted by molar-refractivity contribution is 6.01. The molecule has 0 radical (unpaired) electrons. The molecular weight excluding hydrogens is 474 g/mol. The number of allylic oxidation sites excluding steroid dienone is 2. The van der Waals surface area contributed by atoms with Crippen molar-refractivity contribution < 1.29 is 14.3 Å². The van der Waals surface area contributed by atoms with Crippen LogP contribution in [0.2, 0.25) is 0 Å². The Balaban J connectivity index is 1.47. The summed E-state index contributed by atoms with van der Waals surface area (Å²) in [5.41, 5.74) is 2.45. The number of carbonyl (C=O) groups is 1. The first-order valence-corrected chi connectivity index (χ1v) is 15.2. The van der Waals surface area contributed by atoms with Crippen LogP contribution in [0.5, 0.6) is 0 Å². The number of nitrogens with one attached hydrogen (secondary N) is 1. The third-order valence-corrected chi connectivity index (χ3v) is 13.5. The maximum Gasteiger partial charge on any atom is 0.315 e. The van der Waals surface area contributed by atoms with Crippen LogP contribution in [-0.4, -0.2) is 34.2 Å². The van der Waals surface area contributed by atoms with Crippen molar-refractivity contribution in [3.05, 3.63) is 17.0 Å². The molecule has 0 aromatic carbocycles. The summed E-state index contributed by atoms with van der Waals surface area (Å²) < 4.78 is 6.17. The van der Waals surface area contributed by atoms with Crippen LogP contribution < -0.4 is 5.32 Å². The van der Waals surface area contributed by atoms with E-state index in [9.17, 15) is 9.90 Å². The van der Waals surface area contributed by atoms with E-state index in [1.165, 1.54) is 24.8 Å². The highest BCUT2D eigenvalue weighted by atomic mass is 16.4. The average molecular weight is 524 g/mol. The van der Waals surface area contributed by atoms with Crippen LogP contribution in [0.1, 0.15) is 112 Å². The highest BCUT2D eigenvalue weighted by Crippen LogP contribution is 2.76. The number of ketones is 1. The molecule has 0 aliphatic heterocycles. The molecule has 0 spiro atoms. The Morgan fingerprint density at radius 2 is 1.66 bits per heavy atom. The number of hydrogen-bond acceptors (Lipinski definition) is 6. The van der Waals surface area contributed by atoms with Gasteiger partial charge >= 0.3 is 6.01 Å². The second-order valence-corrected chi connectivity index (χ2v) is 15.3. The molecule has 38 heavy (non-hydrogen) atoms. The molecule has 6 heteroatoms. The van der Waals surface area contributed by atoms with E-state index in [0.717, 1.165) is 37.7 Å². The number of Topliss-reactive ketones (excluding diaryl/α,β-unsaturated/α-hetero) is 1. The Kier molecular flexibility index (Phi) is 5.71. The molecule has 5 aliphatic carbocycles. The average Bonchev–Trinajstić information content (AvgIpc) is 3.45. The lowest BCUT2D eigenvalue weighted by Crippen LogP contribution is -2.65. The van der Waals surface area contributed by atoms with Crippen LogP contribution in [0, 0.1) is 45.3 Å². The molecule has 5 aliphatic rings. The van der Waals surface area contributed by atoms with Gasteiger partial charge in [0.15, 0.2) is 5.78 Å². The first-order chi connectivity index (χ1) is 17.8. The van der Waals surface area contributed by atoms with Gasteiger partial charge in [-0.1, -0.05) is 53.6 Å². The van der Waals surface area contributed by atoms with Gasteiger partial charge in [-0.3, -0.25) is 4.79 Å². The molecule has 0 saturated heterocycles. The second kappa shape index (κ2) is 8.17. The van der Waals surface area contributed by atoms with Crippen molar-refractivity contribution in [3.8, 4) is 0 Å². The van der Waals surface area contributed by atoms with Gasteiger partial charge in [0.25, 0.3) is 0 Å². The summed E-state index contributed by atoms with van der Waals surface area (Å²) >= 11 is 0. The molecule has 1 aromatic rings. The van der Waals surface area contributed by atoms with E-state index in [0.29, 0.717) is 36.1 Å². The molecule has 6 rings (SSSR count). The number of hydrogen-bond donors (Lipinski definition) is 2. The Bertz CT molecular complexity index is 1180. The third kappa shape index (κ3) is 3.07. The van der Waals surface area contributed by atoms with Crippen molar-refractivity contribution in [3.63, 3.8) is 0 Å². The maximum atomic E-state index is 13.7. The van der Waals surface area contributed by atoms with Gasteiger partial charge in [-0.2, -0.15) is 0 Å². The van der Waals surface area contributed by atoms with E-state index in [4.69, 9.17) is 4.42 Å². The summed E-state index contributed by atoms with van der Waals surface area (Å²) in [6.07, 6.45) is 9.00. The Morgan fingerprint density at radius 1 is 0.921 bits per heavy atom. The zero-order valence-electron chi connectivity index (χ0n) is 24.9. The first kappa shape index (κ1) is 26.5. The number of aliphatic hydroxyl groups is 1. The van der Waals surface area contributed by atoms with Gasteiger partial charge in [-0.15, -0.1) is 5.10 Å². The SMILES string of the molecule is CNc1nnc([C@@]23CC[C@]4(C)[C@H](CC[C@@H]5[C@@]6(C)CC[C@H](O)C(C)(C)[C@@H]6CC[C@]54C)C2=C(C(C)C)C(=O)C3)o1. The van der Waals surface area contributed by atoms with E-state index in [2.05, 4.69) is 64.0 Å². The lowest BCUT2D eigenvalue weighted by molar-refractivity contribution is -0.227. The fourth-order valence-electron chi connectivity index (χ4n) is 11.4. The van der Waals surface area contributed by atoms with Crippen LogP contribution >= 0.6 is 0 Å². The molecule has 1 heterocycles. The molecule has 1 aromatic heterocycles. The van der Waals surface area contributed by atoms with Crippen molar-refractivity contribution in [1.29, 1.82) is 0 Å². The van der Waals surface area contributed by atoms with Crippen molar-refractivity contribution >= 4 is 11.8 Å². The quantitative estimate of drug-likeness (QED) is 0.458. The number of fused-ring (bicyclic) bond motifs is 7. The van der Waals surface area contributed by atoms with Gasteiger partial charge in [0.2, 0.25) is 5.89 Å². The minimum atomic E-state index is -0.454. The van der Waals surface area contributed by atoms with Crippen molar-refractivity contribution in [2.24, 2.45) is 45.3 Å². The Hall–Kier alpha value is -1.69. The summed E-state index contributed by atoms with van der Waals surface area (Å²) in [7, 11) is 1.80. The summed E-state index contributed by atoms with van der Waals surface area (Å²) in [6, 6.07) is 0.427. The van der Waals surface area contributed by atoms with Gasteiger partial charge in [0.1, 0.15) is 0 Å². The first-order valence-electron chi connectivity index (χ1n) is 15.2. The normalized spacial score (nSPS) is 45.9. The number of nitrogens with zero attached hydrogens (tertiary/aromatic N) is 2. The van der Waals surface area contributed by atoms with Gasteiger partial charge in [-0.05, 0) is 108 Å². The van der Waals surface area contributed by atoms with Gasteiger partial charge < -0.3 is 14.8 Å². The summed E-state index contributed by atoms with van der Waals surface area (Å²) in [5, 5.41) is 22.8. The monoisotopic (exact) mass is 523 g/mol. The molecule has 0 bridgehead atoms. The number of rotatable bonds is 3. The zero-order valence-corrected chi connectivity index (χ0v) is 24.9. The second-order valence-electron chi connectivity index (χ2n) is 15.3. The van der Waals surface area contributed by atoms with Gasteiger partial charge in [0.05, 0.1) is 11.5 Å². The van der Waals surface area contributed by atoms with E-state index < -0.39 is 5.41 Å². The molecule has 2 N–H and O–H groups in total. The van der Waals surface area contributed by atoms with Crippen LogP contribution in [0.3, 0.4) is 0 Å². The minimum Gasteiger partial charge on any atom is -0.407 e. The number of carbonyl (C=O) groups excluding carboxylic acids is 1. The van der Waals surface area contributed by atoms with E-state index >= 15 is 0 Å². The standard InChI is InChI=1S/C32H49N3O3/c1-18(2)24-20(36)17-32(26-34-35-27(33-8)38-26)16-15-30(6)19(25(24)32)9-10-22-29(5)13-12-23(37)28(3,4)21(29)11-14-31(22,30)7/h18-19,21-23,37H,9-17H2,1-8H3,(H,33,35)/t19-,21+,22-,23+,29+,30-,31-,32-/m1/s1. The molecule has 6 nitrogen and oxygen atoms in total. The van der Waals surface area contributed by atoms with Gasteiger partial charge in [-0.25, -0.2) is 0 Å². The van der Waals surface area contributed by atoms with Crippen molar-refractivity contribution in [1.82, 2.24) is 10.2 Å². The summed E-state index contributed by atoms with van der Waals surface area (Å²) in [6.45, 7) is 16.8. The summed E-state index contributed by atoms with van der Waals surface area (Å²) in [4.78, 5) is 13.7. The van der Waals surface area contributed by atoms with E-state index in [1.807, 2.05) is 0 Å².